The van der Waals surface area contributed by atoms with Gasteiger partial charge < -0.3 is 19.5 Å². The molecule has 1 amide bonds. The molecule has 0 unspecified atom stereocenters. The molecule has 0 saturated carbocycles. The van der Waals surface area contributed by atoms with Crippen LogP contribution in [0.5, 0.6) is 5.75 Å². The molecule has 1 aliphatic heterocycles. The molecule has 1 saturated heterocycles. The fraction of sp³-hybridized carbons (Fsp3) is 0.207. The summed E-state index contributed by atoms with van der Waals surface area (Å²) in [6, 6.07) is 24.8. The van der Waals surface area contributed by atoms with Crippen LogP contribution in [0.4, 0.5) is 5.69 Å². The molecule has 1 aliphatic rings. The van der Waals surface area contributed by atoms with Gasteiger partial charge >= 0.3 is 0 Å². The Balaban J connectivity index is 1.87. The molecule has 3 aromatic carbocycles. The SMILES string of the molecule is CCOc1ccc(N=C(/C(C(=O)C(=O)N2CCOCC2)=C(\O)c2ccccc2)c2ccccc2)cc1. The first kappa shape index (κ1) is 24.9. The minimum absolute atomic E-state index is 0.155. The van der Waals surface area contributed by atoms with Gasteiger partial charge in [-0.1, -0.05) is 60.7 Å². The van der Waals surface area contributed by atoms with E-state index >= 15 is 0 Å². The molecule has 7 heteroatoms. The van der Waals surface area contributed by atoms with Crippen molar-refractivity contribution in [3.05, 3.63) is 102 Å². The first-order valence-electron chi connectivity index (χ1n) is 11.9. The van der Waals surface area contributed by atoms with E-state index in [-0.39, 0.29) is 17.0 Å². The van der Waals surface area contributed by atoms with E-state index in [4.69, 9.17) is 14.5 Å². The fourth-order valence-electron chi connectivity index (χ4n) is 3.86. The zero-order valence-electron chi connectivity index (χ0n) is 20.1. The highest BCUT2D eigenvalue weighted by molar-refractivity contribution is 6.52. The van der Waals surface area contributed by atoms with Crippen LogP contribution in [0.25, 0.3) is 5.76 Å². The van der Waals surface area contributed by atoms with Gasteiger partial charge in [-0.25, -0.2) is 4.99 Å². The lowest BCUT2D eigenvalue weighted by Gasteiger charge is -2.26. The summed E-state index contributed by atoms with van der Waals surface area (Å²) in [5.41, 5.74) is 1.59. The van der Waals surface area contributed by atoms with Crippen LogP contribution < -0.4 is 4.74 Å². The summed E-state index contributed by atoms with van der Waals surface area (Å²) < 4.78 is 10.8. The Morgan fingerprint density at radius 2 is 1.47 bits per heavy atom. The lowest BCUT2D eigenvalue weighted by molar-refractivity contribution is -0.145. The Morgan fingerprint density at radius 1 is 0.889 bits per heavy atom. The van der Waals surface area contributed by atoms with Crippen LogP contribution >= 0.6 is 0 Å². The number of aliphatic hydroxyl groups excluding tert-OH is 1. The average molecular weight is 485 g/mol. The number of carbonyl (C=O) groups excluding carboxylic acids is 2. The smallest absolute Gasteiger partial charge is 0.295 e. The molecule has 184 valence electrons. The number of carbonyl (C=O) groups is 2. The van der Waals surface area contributed by atoms with Gasteiger partial charge in [-0.05, 0) is 31.2 Å². The Hall–Kier alpha value is -4.23. The zero-order chi connectivity index (χ0) is 25.3. The molecule has 1 fully saturated rings. The van der Waals surface area contributed by atoms with Crippen molar-refractivity contribution < 1.29 is 24.2 Å². The third kappa shape index (κ3) is 5.87. The summed E-state index contributed by atoms with van der Waals surface area (Å²) >= 11 is 0. The van der Waals surface area contributed by atoms with Crippen LogP contribution in [0.3, 0.4) is 0 Å². The summed E-state index contributed by atoms with van der Waals surface area (Å²) in [5.74, 6) is -1.15. The maximum absolute atomic E-state index is 13.8. The van der Waals surface area contributed by atoms with Crippen LogP contribution in [0.1, 0.15) is 18.1 Å². The molecule has 3 aromatic rings. The highest BCUT2D eigenvalue weighted by Crippen LogP contribution is 2.26. The van der Waals surface area contributed by atoms with Gasteiger partial charge in [0, 0.05) is 24.2 Å². The lowest BCUT2D eigenvalue weighted by Crippen LogP contribution is -2.45. The molecule has 36 heavy (non-hydrogen) atoms. The van der Waals surface area contributed by atoms with E-state index in [1.54, 1.807) is 60.7 Å². The molecule has 0 aromatic heterocycles. The quantitative estimate of drug-likeness (QED) is 0.218. The summed E-state index contributed by atoms with van der Waals surface area (Å²) in [4.78, 5) is 33.2. The van der Waals surface area contributed by atoms with Gasteiger partial charge in [0.1, 0.15) is 11.5 Å². The number of hydrogen-bond acceptors (Lipinski definition) is 6. The number of benzene rings is 3. The summed E-state index contributed by atoms with van der Waals surface area (Å²) in [7, 11) is 0. The highest BCUT2D eigenvalue weighted by atomic mass is 16.5. The van der Waals surface area contributed by atoms with Crippen LogP contribution in [-0.2, 0) is 14.3 Å². The number of nitrogens with zero attached hydrogens (tertiary/aromatic N) is 2. The minimum atomic E-state index is -0.827. The zero-order valence-corrected chi connectivity index (χ0v) is 20.1. The predicted octanol–water partition coefficient (Wildman–Crippen LogP) is 4.60. The van der Waals surface area contributed by atoms with Crippen molar-refractivity contribution in [1.29, 1.82) is 0 Å². The van der Waals surface area contributed by atoms with Crippen molar-refractivity contribution in [2.75, 3.05) is 32.9 Å². The molecule has 0 radical (unpaired) electrons. The molecule has 1 N–H and O–H groups in total. The van der Waals surface area contributed by atoms with Crippen molar-refractivity contribution in [3.8, 4) is 5.75 Å². The maximum atomic E-state index is 13.8. The van der Waals surface area contributed by atoms with Crippen LogP contribution in [0.2, 0.25) is 0 Å². The number of hydrogen-bond donors (Lipinski definition) is 1. The second-order valence-electron chi connectivity index (χ2n) is 8.08. The second-order valence-corrected chi connectivity index (χ2v) is 8.08. The summed E-state index contributed by atoms with van der Waals surface area (Å²) in [5, 5.41) is 11.4. The van der Waals surface area contributed by atoms with Crippen molar-refractivity contribution in [2.45, 2.75) is 6.92 Å². The molecule has 0 atom stereocenters. The number of aliphatic imine (C=N–C) groups is 1. The third-order valence-corrected chi connectivity index (χ3v) is 5.68. The van der Waals surface area contributed by atoms with Gasteiger partial charge in [-0.3, -0.25) is 9.59 Å². The molecular formula is C29H28N2O5. The molecule has 0 spiro atoms. The Bertz CT molecular complexity index is 1250. The molecule has 7 nitrogen and oxygen atoms in total. The normalized spacial score (nSPS) is 14.7. The highest BCUT2D eigenvalue weighted by Gasteiger charge is 2.32. The summed E-state index contributed by atoms with van der Waals surface area (Å²) in [6.45, 7) is 3.76. The van der Waals surface area contributed by atoms with Gasteiger partial charge in [-0.15, -0.1) is 0 Å². The largest absolute Gasteiger partial charge is 0.506 e. The van der Waals surface area contributed by atoms with E-state index in [2.05, 4.69) is 0 Å². The van der Waals surface area contributed by atoms with E-state index in [1.807, 2.05) is 31.2 Å². The van der Waals surface area contributed by atoms with Gasteiger partial charge in [0.2, 0.25) is 0 Å². The van der Waals surface area contributed by atoms with Crippen LogP contribution in [-0.4, -0.2) is 60.3 Å². The lowest BCUT2D eigenvalue weighted by atomic mass is 9.94. The standard InChI is InChI=1S/C29H28N2O5/c1-2-36-24-15-13-23(14-16-24)30-26(21-9-5-3-6-10-21)25(27(32)22-11-7-4-8-12-22)28(33)29(34)31-17-19-35-20-18-31/h3-16,32H,2,17-20H2,1H3/b27-25+,30-26?. The Morgan fingerprint density at radius 3 is 2.06 bits per heavy atom. The monoisotopic (exact) mass is 484 g/mol. The number of amides is 1. The fourth-order valence-corrected chi connectivity index (χ4v) is 3.86. The van der Waals surface area contributed by atoms with E-state index in [1.165, 1.54) is 4.90 Å². The molecule has 0 aliphatic carbocycles. The minimum Gasteiger partial charge on any atom is -0.506 e. The number of ether oxygens (including phenoxy) is 2. The van der Waals surface area contributed by atoms with E-state index in [9.17, 15) is 14.7 Å². The summed E-state index contributed by atoms with van der Waals surface area (Å²) in [6.07, 6.45) is 0. The molecule has 1 heterocycles. The van der Waals surface area contributed by atoms with Crippen molar-refractivity contribution >= 4 is 28.8 Å². The first-order chi connectivity index (χ1) is 17.6. The van der Waals surface area contributed by atoms with Gasteiger partial charge in [0.15, 0.2) is 0 Å². The van der Waals surface area contributed by atoms with Crippen LogP contribution in [0.15, 0.2) is 95.5 Å². The number of morpholine rings is 1. The average Bonchev–Trinajstić information content (AvgIpc) is 2.94. The van der Waals surface area contributed by atoms with E-state index in [0.29, 0.717) is 55.5 Å². The van der Waals surface area contributed by atoms with E-state index in [0.717, 1.165) is 0 Å². The number of ketones is 1. The maximum Gasteiger partial charge on any atom is 0.295 e. The Labute approximate surface area is 210 Å². The number of aliphatic hydroxyl groups is 1. The van der Waals surface area contributed by atoms with Crippen molar-refractivity contribution in [2.24, 2.45) is 4.99 Å². The Kier molecular flexibility index (Phi) is 8.26. The first-order valence-corrected chi connectivity index (χ1v) is 11.9. The molecular weight excluding hydrogens is 456 g/mol. The van der Waals surface area contributed by atoms with Crippen molar-refractivity contribution in [1.82, 2.24) is 4.90 Å². The predicted molar refractivity (Wildman–Crippen MR) is 139 cm³/mol. The number of rotatable bonds is 8. The molecule has 0 bridgehead atoms. The second kappa shape index (κ2) is 12.0. The third-order valence-electron chi connectivity index (χ3n) is 5.68. The van der Waals surface area contributed by atoms with Gasteiger partial charge in [0.25, 0.3) is 11.7 Å². The molecule has 4 rings (SSSR count). The van der Waals surface area contributed by atoms with Gasteiger partial charge in [-0.2, -0.15) is 0 Å². The topological polar surface area (TPSA) is 88.4 Å². The van der Waals surface area contributed by atoms with Gasteiger partial charge in [0.05, 0.1) is 36.8 Å². The van der Waals surface area contributed by atoms with E-state index < -0.39 is 11.7 Å². The van der Waals surface area contributed by atoms with Crippen LogP contribution in [0, 0.1) is 0 Å². The number of Topliss-reactive ketones (excluding diaryl/α,β-unsaturated/α-hetero) is 1. The van der Waals surface area contributed by atoms with Crippen molar-refractivity contribution in [3.63, 3.8) is 0 Å².